The molecule has 2 N–H and O–H groups in total. The zero-order valence-electron chi connectivity index (χ0n) is 12.0. The monoisotopic (exact) mass is 336 g/mol. The molecular weight excluding hydrogens is 317 g/mol. The van der Waals surface area contributed by atoms with Crippen LogP contribution in [0.1, 0.15) is 25.8 Å². The van der Waals surface area contributed by atoms with Crippen LogP contribution < -0.4 is 10.6 Å². The van der Waals surface area contributed by atoms with E-state index in [4.69, 9.17) is 18.0 Å². The average molecular weight is 336 g/mol. The van der Waals surface area contributed by atoms with Crippen LogP contribution in [0.25, 0.3) is 0 Å². The van der Waals surface area contributed by atoms with Gasteiger partial charge in [0.25, 0.3) is 0 Å². The molecule has 1 aromatic rings. The van der Waals surface area contributed by atoms with Crippen LogP contribution in [0.3, 0.4) is 0 Å². The van der Waals surface area contributed by atoms with E-state index < -0.39 is 12.7 Å². The number of hydrogen-bond donors (Lipinski definition) is 1. The van der Waals surface area contributed by atoms with Gasteiger partial charge in [-0.1, -0.05) is 32.1 Å². The zero-order valence-corrected chi connectivity index (χ0v) is 13.7. The maximum atomic E-state index is 12.8. The number of alkyl halides is 3. The molecule has 0 aliphatic rings. The van der Waals surface area contributed by atoms with Gasteiger partial charge in [0, 0.05) is 22.7 Å². The lowest BCUT2D eigenvalue weighted by atomic mass is 10.1. The van der Waals surface area contributed by atoms with Gasteiger partial charge in [-0.05, 0) is 24.3 Å². The number of halogens is 3. The number of nitrogens with zero attached hydrogens (tertiary/aromatic N) is 1. The average Bonchev–Trinajstić information content (AvgIpc) is 2.36. The van der Waals surface area contributed by atoms with Gasteiger partial charge in [-0.2, -0.15) is 13.2 Å². The van der Waals surface area contributed by atoms with E-state index in [2.05, 4.69) is 0 Å². The van der Waals surface area contributed by atoms with Crippen molar-refractivity contribution in [2.75, 3.05) is 23.7 Å². The summed E-state index contributed by atoms with van der Waals surface area (Å²) in [4.78, 5) is 2.25. The van der Waals surface area contributed by atoms with Crippen LogP contribution in [0.2, 0.25) is 0 Å². The summed E-state index contributed by atoms with van der Waals surface area (Å²) >= 11 is 6.57. The van der Waals surface area contributed by atoms with Gasteiger partial charge in [0.2, 0.25) is 0 Å². The summed E-state index contributed by atoms with van der Waals surface area (Å²) < 4.78 is 38.4. The summed E-state index contributed by atoms with van der Waals surface area (Å²) in [5.74, 6) is 0.798. The van der Waals surface area contributed by atoms with E-state index in [1.54, 1.807) is 12.1 Å². The second-order valence-electron chi connectivity index (χ2n) is 4.48. The number of anilines is 1. The summed E-state index contributed by atoms with van der Waals surface area (Å²) in [5.41, 5.74) is 6.75. The molecule has 0 saturated carbocycles. The Morgan fingerprint density at radius 2 is 2.00 bits per heavy atom. The molecule has 0 amide bonds. The van der Waals surface area contributed by atoms with Crippen LogP contribution in [-0.2, 0) is 0 Å². The lowest BCUT2D eigenvalue weighted by molar-refractivity contribution is -0.119. The molecule has 7 heteroatoms. The van der Waals surface area contributed by atoms with E-state index in [-0.39, 0.29) is 4.99 Å². The summed E-state index contributed by atoms with van der Waals surface area (Å²) in [6.45, 7) is 3.11. The Balaban J connectivity index is 3.29. The molecule has 0 heterocycles. The third-order valence-corrected chi connectivity index (χ3v) is 3.90. The van der Waals surface area contributed by atoms with Crippen molar-refractivity contribution in [2.45, 2.75) is 31.3 Å². The molecular formula is C14H19F3N2S2. The van der Waals surface area contributed by atoms with Crippen LogP contribution in [0.15, 0.2) is 23.1 Å². The Morgan fingerprint density at radius 1 is 1.33 bits per heavy atom. The van der Waals surface area contributed by atoms with Crippen molar-refractivity contribution in [3.05, 3.63) is 23.8 Å². The van der Waals surface area contributed by atoms with Crippen LogP contribution in [0.4, 0.5) is 18.9 Å². The number of rotatable bonds is 7. The van der Waals surface area contributed by atoms with E-state index in [1.807, 2.05) is 19.9 Å². The fourth-order valence-corrected chi connectivity index (χ4v) is 3.20. The predicted molar refractivity (Wildman–Crippen MR) is 87.3 cm³/mol. The lowest BCUT2D eigenvalue weighted by Crippen LogP contribution is -2.36. The van der Waals surface area contributed by atoms with Crippen LogP contribution in [0.5, 0.6) is 0 Å². The van der Waals surface area contributed by atoms with E-state index in [0.717, 1.165) is 10.6 Å². The summed E-state index contributed by atoms with van der Waals surface area (Å²) in [7, 11) is 0. The molecule has 118 valence electrons. The normalized spacial score (nSPS) is 11.5. The highest BCUT2D eigenvalue weighted by atomic mass is 32.2. The van der Waals surface area contributed by atoms with Crippen LogP contribution >= 0.6 is 24.0 Å². The third-order valence-electron chi connectivity index (χ3n) is 2.75. The van der Waals surface area contributed by atoms with E-state index in [1.165, 1.54) is 16.7 Å². The van der Waals surface area contributed by atoms with Crippen molar-refractivity contribution in [2.24, 2.45) is 5.73 Å². The van der Waals surface area contributed by atoms with Gasteiger partial charge in [-0.15, -0.1) is 11.8 Å². The minimum Gasteiger partial charge on any atom is -0.389 e. The molecule has 0 spiro atoms. The Bertz CT molecular complexity index is 490. The van der Waals surface area contributed by atoms with Gasteiger partial charge >= 0.3 is 6.18 Å². The molecule has 1 rings (SSSR count). The van der Waals surface area contributed by atoms with Crippen molar-refractivity contribution in [1.29, 1.82) is 0 Å². The highest BCUT2D eigenvalue weighted by Gasteiger charge is 2.31. The van der Waals surface area contributed by atoms with Crippen LogP contribution in [0, 0.1) is 0 Å². The second kappa shape index (κ2) is 7.89. The molecule has 0 unspecified atom stereocenters. The largest absolute Gasteiger partial charge is 0.405 e. The van der Waals surface area contributed by atoms with E-state index >= 15 is 0 Å². The highest BCUT2D eigenvalue weighted by molar-refractivity contribution is 7.99. The Morgan fingerprint density at radius 3 is 2.48 bits per heavy atom. The van der Waals surface area contributed by atoms with E-state index in [0.29, 0.717) is 24.2 Å². The smallest absolute Gasteiger partial charge is 0.389 e. The molecule has 21 heavy (non-hydrogen) atoms. The van der Waals surface area contributed by atoms with E-state index in [9.17, 15) is 13.2 Å². The zero-order chi connectivity index (χ0) is 16.0. The second-order valence-corrected chi connectivity index (χ2v) is 6.23. The molecule has 2 nitrogen and oxygen atoms in total. The Hall–Kier alpha value is -0.950. The van der Waals surface area contributed by atoms with Crippen molar-refractivity contribution in [3.63, 3.8) is 0 Å². The maximum absolute atomic E-state index is 12.8. The Kier molecular flexibility index (Phi) is 6.80. The van der Waals surface area contributed by atoms with Crippen molar-refractivity contribution < 1.29 is 13.2 Å². The summed E-state index contributed by atoms with van der Waals surface area (Å²) in [6.07, 6.45) is -3.66. The number of thioether (sulfide) groups is 1. The predicted octanol–water partition coefficient (Wildman–Crippen LogP) is 4.21. The fourth-order valence-electron chi connectivity index (χ4n) is 2.08. The molecule has 0 atom stereocenters. The Labute approximate surface area is 132 Å². The van der Waals surface area contributed by atoms with Crippen LogP contribution in [-0.4, -0.2) is 30.0 Å². The summed E-state index contributed by atoms with van der Waals surface area (Å²) in [6, 6.07) is 5.23. The van der Waals surface area contributed by atoms with Gasteiger partial charge < -0.3 is 10.6 Å². The fraction of sp³-hybridized carbons (Fsp3) is 0.500. The standard InChI is InChI=1S/C14H19F3N2S2/c1-3-8-19(9-14(15,16)17)10-6-5-7-11(21-4-2)12(10)13(18)20/h5-7H,3-4,8-9H2,1-2H3,(H2,18,20). The molecule has 0 aromatic heterocycles. The molecule has 0 radical (unpaired) electrons. The highest BCUT2D eigenvalue weighted by Crippen LogP contribution is 2.32. The molecule has 0 aliphatic heterocycles. The molecule has 1 aromatic carbocycles. The van der Waals surface area contributed by atoms with Crippen molar-refractivity contribution in [3.8, 4) is 0 Å². The third kappa shape index (κ3) is 5.39. The first-order chi connectivity index (χ1) is 9.80. The quantitative estimate of drug-likeness (QED) is 0.596. The maximum Gasteiger partial charge on any atom is 0.405 e. The summed E-state index contributed by atoms with van der Waals surface area (Å²) in [5, 5.41) is 0. The van der Waals surface area contributed by atoms with Gasteiger partial charge in [0.05, 0.1) is 0 Å². The molecule has 0 bridgehead atoms. The molecule has 0 aliphatic carbocycles. The number of thiocarbonyl (C=S) groups is 1. The van der Waals surface area contributed by atoms with Crippen molar-refractivity contribution >= 4 is 34.7 Å². The number of benzene rings is 1. The number of hydrogen-bond acceptors (Lipinski definition) is 3. The molecule has 0 saturated heterocycles. The van der Waals surface area contributed by atoms with Gasteiger partial charge in [0.1, 0.15) is 11.5 Å². The van der Waals surface area contributed by atoms with Crippen molar-refractivity contribution in [1.82, 2.24) is 0 Å². The van der Waals surface area contributed by atoms with Gasteiger partial charge in [0.15, 0.2) is 0 Å². The van der Waals surface area contributed by atoms with Gasteiger partial charge in [-0.3, -0.25) is 0 Å². The first-order valence-electron chi connectivity index (χ1n) is 6.67. The first kappa shape index (κ1) is 18.1. The minimum atomic E-state index is -4.27. The number of nitrogens with two attached hydrogens (primary N) is 1. The van der Waals surface area contributed by atoms with Gasteiger partial charge in [-0.25, -0.2) is 0 Å². The molecule has 0 fully saturated rings. The first-order valence-corrected chi connectivity index (χ1v) is 8.06. The topological polar surface area (TPSA) is 29.3 Å². The lowest BCUT2D eigenvalue weighted by Gasteiger charge is -2.28. The SMILES string of the molecule is CCCN(CC(F)(F)F)c1cccc(SCC)c1C(N)=S. The minimum absolute atomic E-state index is 0.129.